The minimum absolute atomic E-state index is 0.294. The fraction of sp³-hybridized carbons (Fsp3) is 0.267. The molecule has 0 radical (unpaired) electrons. The zero-order chi connectivity index (χ0) is 11.9. The highest BCUT2D eigenvalue weighted by Crippen LogP contribution is 2.19. The lowest BCUT2D eigenvalue weighted by Crippen LogP contribution is -2.25. The van der Waals surface area contributed by atoms with E-state index in [2.05, 4.69) is 18.2 Å². The van der Waals surface area contributed by atoms with Crippen molar-refractivity contribution in [3.63, 3.8) is 0 Å². The highest BCUT2D eigenvalue weighted by Gasteiger charge is 2.21. The Morgan fingerprint density at radius 2 is 2.06 bits per heavy atom. The van der Waals surface area contributed by atoms with Crippen LogP contribution in [-0.4, -0.2) is 10.7 Å². The fourth-order valence-electron chi connectivity index (χ4n) is 1.58. The SMILES string of the molecule is C#CCC(O)(C=C=C)CCc1ccccc1. The van der Waals surface area contributed by atoms with E-state index in [1.165, 1.54) is 5.56 Å². The van der Waals surface area contributed by atoms with Crippen LogP contribution in [0.2, 0.25) is 0 Å². The highest BCUT2D eigenvalue weighted by molar-refractivity contribution is 5.16. The van der Waals surface area contributed by atoms with Crippen LogP contribution in [0, 0.1) is 12.3 Å². The maximum absolute atomic E-state index is 10.2. The Kier molecular flexibility index (Phi) is 4.61. The molecular weight excluding hydrogens is 196 g/mol. The van der Waals surface area contributed by atoms with Crippen molar-refractivity contribution in [2.45, 2.75) is 24.9 Å². The van der Waals surface area contributed by atoms with Crippen LogP contribution < -0.4 is 0 Å². The predicted octanol–water partition coefficient (Wildman–Crippen LogP) is 2.71. The Balaban J connectivity index is 2.64. The molecule has 1 aromatic carbocycles. The average molecular weight is 212 g/mol. The van der Waals surface area contributed by atoms with Gasteiger partial charge in [-0.3, -0.25) is 0 Å². The molecule has 0 saturated heterocycles. The van der Waals surface area contributed by atoms with Gasteiger partial charge in [0.05, 0.1) is 0 Å². The number of rotatable bonds is 5. The molecule has 1 atom stereocenters. The van der Waals surface area contributed by atoms with Crippen LogP contribution in [0.25, 0.3) is 0 Å². The second-order valence-corrected chi connectivity index (χ2v) is 3.82. The van der Waals surface area contributed by atoms with E-state index in [1.807, 2.05) is 30.3 Å². The fourth-order valence-corrected chi connectivity index (χ4v) is 1.58. The second-order valence-electron chi connectivity index (χ2n) is 3.82. The number of benzene rings is 1. The lowest BCUT2D eigenvalue weighted by molar-refractivity contribution is 0.0875. The van der Waals surface area contributed by atoms with E-state index in [-0.39, 0.29) is 0 Å². The van der Waals surface area contributed by atoms with Crippen molar-refractivity contribution >= 4 is 0 Å². The minimum Gasteiger partial charge on any atom is -0.384 e. The molecule has 0 aromatic heterocycles. The van der Waals surface area contributed by atoms with Gasteiger partial charge in [-0.2, -0.15) is 0 Å². The molecule has 0 spiro atoms. The zero-order valence-corrected chi connectivity index (χ0v) is 9.32. The summed E-state index contributed by atoms with van der Waals surface area (Å²) in [5, 5.41) is 10.2. The quantitative estimate of drug-likeness (QED) is 0.587. The molecule has 1 rings (SSSR count). The third-order valence-corrected chi connectivity index (χ3v) is 2.47. The van der Waals surface area contributed by atoms with Gasteiger partial charge in [0.2, 0.25) is 0 Å². The maximum Gasteiger partial charge on any atom is 0.101 e. The summed E-state index contributed by atoms with van der Waals surface area (Å²) in [5.41, 5.74) is 2.82. The van der Waals surface area contributed by atoms with Crippen LogP contribution in [0.1, 0.15) is 18.4 Å². The molecule has 0 aliphatic carbocycles. The molecule has 1 N–H and O–H groups in total. The Morgan fingerprint density at radius 1 is 1.38 bits per heavy atom. The van der Waals surface area contributed by atoms with Crippen molar-refractivity contribution in [3.05, 3.63) is 54.3 Å². The molecule has 0 heterocycles. The largest absolute Gasteiger partial charge is 0.384 e. The first-order valence-electron chi connectivity index (χ1n) is 5.27. The number of terminal acetylenes is 1. The van der Waals surface area contributed by atoms with E-state index in [4.69, 9.17) is 6.42 Å². The van der Waals surface area contributed by atoms with Gasteiger partial charge in [-0.05, 0) is 24.5 Å². The van der Waals surface area contributed by atoms with Gasteiger partial charge >= 0.3 is 0 Å². The molecule has 1 heteroatoms. The lowest BCUT2D eigenvalue weighted by Gasteiger charge is -2.21. The monoisotopic (exact) mass is 212 g/mol. The molecule has 1 aromatic rings. The van der Waals surface area contributed by atoms with Crippen LogP contribution in [0.15, 0.2) is 48.7 Å². The molecule has 0 aliphatic heterocycles. The Morgan fingerprint density at radius 3 is 2.62 bits per heavy atom. The van der Waals surface area contributed by atoms with Gasteiger partial charge < -0.3 is 5.11 Å². The number of aliphatic hydroxyl groups is 1. The van der Waals surface area contributed by atoms with E-state index < -0.39 is 5.60 Å². The summed E-state index contributed by atoms with van der Waals surface area (Å²) in [5.74, 6) is 2.48. The number of hydrogen-bond acceptors (Lipinski definition) is 1. The van der Waals surface area contributed by atoms with Crippen LogP contribution in [0.5, 0.6) is 0 Å². The molecule has 16 heavy (non-hydrogen) atoms. The van der Waals surface area contributed by atoms with Crippen molar-refractivity contribution in [1.29, 1.82) is 0 Å². The van der Waals surface area contributed by atoms with Gasteiger partial charge in [0, 0.05) is 6.42 Å². The van der Waals surface area contributed by atoms with Gasteiger partial charge in [0.25, 0.3) is 0 Å². The molecule has 0 fully saturated rings. The smallest absolute Gasteiger partial charge is 0.101 e. The molecular formula is C15H16O. The van der Waals surface area contributed by atoms with Crippen molar-refractivity contribution in [2.24, 2.45) is 0 Å². The molecule has 1 nitrogen and oxygen atoms in total. The molecule has 0 aliphatic rings. The van der Waals surface area contributed by atoms with Crippen LogP contribution in [0.4, 0.5) is 0 Å². The summed E-state index contributed by atoms with van der Waals surface area (Å²) in [6.45, 7) is 3.47. The summed E-state index contributed by atoms with van der Waals surface area (Å²) >= 11 is 0. The number of hydrogen-bond donors (Lipinski definition) is 1. The third-order valence-electron chi connectivity index (χ3n) is 2.47. The van der Waals surface area contributed by atoms with Gasteiger partial charge in [0.15, 0.2) is 0 Å². The predicted molar refractivity (Wildman–Crippen MR) is 66.9 cm³/mol. The van der Waals surface area contributed by atoms with Crippen molar-refractivity contribution < 1.29 is 5.11 Å². The Hall–Kier alpha value is -1.74. The maximum atomic E-state index is 10.2. The Labute approximate surface area is 97.1 Å². The average Bonchev–Trinajstić information content (AvgIpc) is 2.29. The van der Waals surface area contributed by atoms with Crippen LogP contribution in [-0.2, 0) is 6.42 Å². The highest BCUT2D eigenvalue weighted by atomic mass is 16.3. The van der Waals surface area contributed by atoms with Gasteiger partial charge in [-0.15, -0.1) is 18.1 Å². The van der Waals surface area contributed by atoms with E-state index in [0.717, 1.165) is 6.42 Å². The summed E-state index contributed by atoms with van der Waals surface area (Å²) in [6, 6.07) is 10.0. The van der Waals surface area contributed by atoms with Gasteiger partial charge in [-0.1, -0.05) is 36.9 Å². The summed E-state index contributed by atoms with van der Waals surface area (Å²) in [4.78, 5) is 0. The molecule has 1 unspecified atom stereocenters. The van der Waals surface area contributed by atoms with E-state index >= 15 is 0 Å². The second kappa shape index (κ2) is 5.98. The number of aryl methyl sites for hydroxylation is 1. The first kappa shape index (κ1) is 12.3. The van der Waals surface area contributed by atoms with E-state index in [1.54, 1.807) is 6.08 Å². The van der Waals surface area contributed by atoms with Crippen molar-refractivity contribution in [1.82, 2.24) is 0 Å². The first-order valence-corrected chi connectivity index (χ1v) is 5.27. The van der Waals surface area contributed by atoms with E-state index in [9.17, 15) is 5.11 Å². The summed E-state index contributed by atoms with van der Waals surface area (Å²) in [7, 11) is 0. The minimum atomic E-state index is -0.980. The van der Waals surface area contributed by atoms with Crippen molar-refractivity contribution in [2.75, 3.05) is 0 Å². The third kappa shape index (κ3) is 3.79. The lowest BCUT2D eigenvalue weighted by atomic mass is 9.92. The molecule has 0 saturated carbocycles. The molecule has 0 bridgehead atoms. The van der Waals surface area contributed by atoms with Gasteiger partial charge in [-0.25, -0.2) is 0 Å². The zero-order valence-electron chi connectivity index (χ0n) is 9.32. The first-order chi connectivity index (χ1) is 7.70. The normalized spacial score (nSPS) is 13.2. The topological polar surface area (TPSA) is 20.2 Å². The van der Waals surface area contributed by atoms with Crippen LogP contribution in [0.3, 0.4) is 0 Å². The van der Waals surface area contributed by atoms with Crippen LogP contribution >= 0.6 is 0 Å². The Bertz CT molecular complexity index is 407. The molecule has 0 amide bonds. The molecule has 82 valence electrons. The van der Waals surface area contributed by atoms with E-state index in [0.29, 0.717) is 12.8 Å². The summed E-state index contributed by atoms with van der Waals surface area (Å²) < 4.78 is 0. The van der Waals surface area contributed by atoms with Gasteiger partial charge in [0.1, 0.15) is 5.60 Å². The summed E-state index contributed by atoms with van der Waals surface area (Å²) in [6.07, 6.45) is 8.46. The standard InChI is InChI=1S/C15H16O/c1-3-11-15(16,12-4-2)13-10-14-8-6-5-7-9-14/h1,5-9,12,16H,2,10-11,13H2. The van der Waals surface area contributed by atoms with Crippen molar-refractivity contribution in [3.8, 4) is 12.3 Å².